The first-order chi connectivity index (χ1) is 9.25. The van der Waals surface area contributed by atoms with Crippen LogP contribution in [0, 0.1) is 0 Å². The van der Waals surface area contributed by atoms with Crippen LogP contribution in [0.15, 0.2) is 30.5 Å². The molecule has 2 heterocycles. The second-order valence-electron chi connectivity index (χ2n) is 5.21. The van der Waals surface area contributed by atoms with E-state index in [0.717, 1.165) is 36.1 Å². The highest BCUT2D eigenvalue weighted by molar-refractivity contribution is 6.08. The zero-order valence-electron chi connectivity index (χ0n) is 11.1. The molecule has 100 valence electrons. The van der Waals surface area contributed by atoms with E-state index < -0.39 is 0 Å². The molecule has 19 heavy (non-hydrogen) atoms. The Morgan fingerprint density at radius 1 is 1.42 bits per heavy atom. The normalized spacial score (nSPS) is 20.8. The molecule has 0 bridgehead atoms. The molecule has 1 aliphatic heterocycles. The van der Waals surface area contributed by atoms with Gasteiger partial charge in [0.15, 0.2) is 5.78 Å². The fourth-order valence-corrected chi connectivity index (χ4v) is 2.72. The fraction of sp³-hybridized carbons (Fsp3) is 0.400. The summed E-state index contributed by atoms with van der Waals surface area (Å²) < 4.78 is 0. The van der Waals surface area contributed by atoms with Crippen LogP contribution in [-0.4, -0.2) is 48.4 Å². The summed E-state index contributed by atoms with van der Waals surface area (Å²) in [6.45, 7) is 2.91. The smallest absolute Gasteiger partial charge is 0.166 e. The van der Waals surface area contributed by atoms with Gasteiger partial charge in [0.2, 0.25) is 0 Å². The Balaban J connectivity index is 1.80. The Labute approximate surface area is 112 Å². The van der Waals surface area contributed by atoms with E-state index >= 15 is 0 Å². The van der Waals surface area contributed by atoms with Crippen molar-refractivity contribution in [3.8, 4) is 0 Å². The van der Waals surface area contributed by atoms with E-state index in [0.29, 0.717) is 12.5 Å². The van der Waals surface area contributed by atoms with Crippen molar-refractivity contribution in [2.75, 3.05) is 26.7 Å². The SMILES string of the molecule is CN1CCNCC1CC(=O)c1c[nH]c2ccccc12. The number of para-hydroxylation sites is 1. The number of nitrogens with one attached hydrogen (secondary N) is 2. The van der Waals surface area contributed by atoms with E-state index in [2.05, 4.69) is 22.2 Å². The molecule has 1 aromatic heterocycles. The summed E-state index contributed by atoms with van der Waals surface area (Å²) in [6.07, 6.45) is 2.41. The lowest BCUT2D eigenvalue weighted by Crippen LogP contribution is -2.49. The molecule has 4 nitrogen and oxygen atoms in total. The van der Waals surface area contributed by atoms with Gasteiger partial charge in [-0.05, 0) is 13.1 Å². The van der Waals surface area contributed by atoms with Gasteiger partial charge in [0.05, 0.1) is 0 Å². The summed E-state index contributed by atoms with van der Waals surface area (Å²) in [5, 5.41) is 4.38. The van der Waals surface area contributed by atoms with Crippen molar-refractivity contribution in [3.05, 3.63) is 36.0 Å². The second kappa shape index (κ2) is 5.15. The van der Waals surface area contributed by atoms with Crippen LogP contribution in [0.4, 0.5) is 0 Å². The maximum absolute atomic E-state index is 12.5. The Bertz CT molecular complexity index is 590. The summed E-state index contributed by atoms with van der Waals surface area (Å²) in [5.74, 6) is 0.220. The van der Waals surface area contributed by atoms with Crippen molar-refractivity contribution in [2.24, 2.45) is 0 Å². The van der Waals surface area contributed by atoms with Crippen LogP contribution in [0.5, 0.6) is 0 Å². The van der Waals surface area contributed by atoms with Gasteiger partial charge < -0.3 is 15.2 Å². The first-order valence-corrected chi connectivity index (χ1v) is 6.76. The lowest BCUT2D eigenvalue weighted by Gasteiger charge is -2.32. The molecule has 0 amide bonds. The number of hydrogen-bond donors (Lipinski definition) is 2. The summed E-state index contributed by atoms with van der Waals surface area (Å²) in [6, 6.07) is 8.25. The third-order valence-corrected chi connectivity index (χ3v) is 3.96. The van der Waals surface area contributed by atoms with Gasteiger partial charge in [-0.15, -0.1) is 0 Å². The number of aromatic nitrogens is 1. The zero-order chi connectivity index (χ0) is 13.2. The molecule has 3 rings (SSSR count). The molecule has 4 heteroatoms. The van der Waals surface area contributed by atoms with E-state index in [1.165, 1.54) is 0 Å². The third kappa shape index (κ3) is 2.41. The number of Topliss-reactive ketones (excluding diaryl/α,β-unsaturated/α-hetero) is 1. The fourth-order valence-electron chi connectivity index (χ4n) is 2.72. The second-order valence-corrected chi connectivity index (χ2v) is 5.21. The lowest BCUT2D eigenvalue weighted by atomic mass is 10.0. The highest BCUT2D eigenvalue weighted by atomic mass is 16.1. The average Bonchev–Trinajstić information content (AvgIpc) is 2.85. The van der Waals surface area contributed by atoms with Crippen LogP contribution >= 0.6 is 0 Å². The Morgan fingerprint density at radius 2 is 2.26 bits per heavy atom. The first kappa shape index (κ1) is 12.4. The number of carbonyl (C=O) groups is 1. The van der Waals surface area contributed by atoms with Gasteiger partial charge in [0.25, 0.3) is 0 Å². The topological polar surface area (TPSA) is 48.1 Å². The van der Waals surface area contributed by atoms with Crippen molar-refractivity contribution < 1.29 is 4.79 Å². The molecule has 1 saturated heterocycles. The number of carbonyl (C=O) groups excluding carboxylic acids is 1. The summed E-state index contributed by atoms with van der Waals surface area (Å²) in [4.78, 5) is 17.9. The number of fused-ring (bicyclic) bond motifs is 1. The van der Waals surface area contributed by atoms with E-state index in [4.69, 9.17) is 0 Å². The van der Waals surface area contributed by atoms with Crippen molar-refractivity contribution in [1.82, 2.24) is 15.2 Å². The predicted molar refractivity (Wildman–Crippen MR) is 76.5 cm³/mol. The number of hydrogen-bond acceptors (Lipinski definition) is 3. The minimum atomic E-state index is 0.220. The molecule has 1 aromatic carbocycles. The molecule has 0 saturated carbocycles. The molecular weight excluding hydrogens is 238 g/mol. The van der Waals surface area contributed by atoms with Crippen LogP contribution in [0.2, 0.25) is 0 Å². The van der Waals surface area contributed by atoms with Crippen molar-refractivity contribution >= 4 is 16.7 Å². The molecule has 0 spiro atoms. The number of nitrogens with zero attached hydrogens (tertiary/aromatic N) is 1. The molecule has 0 aliphatic carbocycles. The quantitative estimate of drug-likeness (QED) is 0.822. The Hall–Kier alpha value is -1.65. The van der Waals surface area contributed by atoms with Gasteiger partial charge in [-0.2, -0.15) is 0 Å². The van der Waals surface area contributed by atoms with E-state index in [-0.39, 0.29) is 5.78 Å². The maximum Gasteiger partial charge on any atom is 0.166 e. The van der Waals surface area contributed by atoms with Crippen LogP contribution in [0.3, 0.4) is 0 Å². The van der Waals surface area contributed by atoms with Crippen molar-refractivity contribution in [1.29, 1.82) is 0 Å². The van der Waals surface area contributed by atoms with Gasteiger partial charge in [-0.25, -0.2) is 0 Å². The number of aromatic amines is 1. The summed E-state index contributed by atoms with van der Waals surface area (Å²) in [5.41, 5.74) is 1.84. The number of piperazine rings is 1. The molecular formula is C15H19N3O. The van der Waals surface area contributed by atoms with Gasteiger partial charge in [-0.3, -0.25) is 4.79 Å². The highest BCUT2D eigenvalue weighted by Crippen LogP contribution is 2.20. The van der Waals surface area contributed by atoms with Gasteiger partial charge in [-0.1, -0.05) is 18.2 Å². The lowest BCUT2D eigenvalue weighted by molar-refractivity contribution is 0.0919. The third-order valence-electron chi connectivity index (χ3n) is 3.96. The highest BCUT2D eigenvalue weighted by Gasteiger charge is 2.23. The molecule has 0 radical (unpaired) electrons. The van der Waals surface area contributed by atoms with Crippen LogP contribution in [0.25, 0.3) is 10.9 Å². The average molecular weight is 257 g/mol. The number of H-pyrrole nitrogens is 1. The zero-order valence-corrected chi connectivity index (χ0v) is 11.1. The van der Waals surface area contributed by atoms with E-state index in [1.54, 1.807) is 0 Å². The molecule has 1 unspecified atom stereocenters. The maximum atomic E-state index is 12.5. The van der Waals surface area contributed by atoms with Crippen LogP contribution in [0.1, 0.15) is 16.8 Å². The number of ketones is 1. The van der Waals surface area contributed by atoms with Gasteiger partial charge >= 0.3 is 0 Å². The number of likely N-dealkylation sites (N-methyl/N-ethyl adjacent to an activating group) is 1. The summed E-state index contributed by atoms with van der Waals surface area (Å²) in [7, 11) is 2.09. The largest absolute Gasteiger partial charge is 0.360 e. The number of benzene rings is 1. The first-order valence-electron chi connectivity index (χ1n) is 6.76. The van der Waals surface area contributed by atoms with Crippen molar-refractivity contribution in [3.63, 3.8) is 0 Å². The monoisotopic (exact) mass is 257 g/mol. The molecule has 2 aromatic rings. The standard InChI is InChI=1S/C15H19N3O/c1-18-7-6-16-9-11(18)8-15(19)13-10-17-14-5-3-2-4-12(13)14/h2-5,10-11,16-17H,6-9H2,1H3. The van der Waals surface area contributed by atoms with Crippen LogP contribution < -0.4 is 5.32 Å². The van der Waals surface area contributed by atoms with Gasteiger partial charge in [0.1, 0.15) is 0 Å². The Kier molecular flexibility index (Phi) is 3.36. The Morgan fingerprint density at radius 3 is 3.11 bits per heavy atom. The molecule has 2 N–H and O–H groups in total. The van der Waals surface area contributed by atoms with Crippen LogP contribution in [-0.2, 0) is 0 Å². The molecule has 1 fully saturated rings. The minimum Gasteiger partial charge on any atom is -0.360 e. The van der Waals surface area contributed by atoms with E-state index in [1.807, 2.05) is 30.5 Å². The molecule has 1 aliphatic rings. The van der Waals surface area contributed by atoms with Crippen molar-refractivity contribution in [2.45, 2.75) is 12.5 Å². The van der Waals surface area contributed by atoms with Gasteiger partial charge in [0, 0.05) is 54.8 Å². The molecule has 1 atom stereocenters. The summed E-state index contributed by atoms with van der Waals surface area (Å²) >= 11 is 0. The minimum absolute atomic E-state index is 0.220. The predicted octanol–water partition coefficient (Wildman–Crippen LogP) is 1.64. The number of rotatable bonds is 3. The van der Waals surface area contributed by atoms with E-state index in [9.17, 15) is 4.79 Å².